The smallest absolute Gasteiger partial charge is 0.0658 e. The maximum atomic E-state index is 5.87. The van der Waals surface area contributed by atoms with Crippen molar-refractivity contribution in [1.29, 1.82) is 0 Å². The maximum absolute atomic E-state index is 5.87. The number of hydrogen-bond donors (Lipinski definition) is 1. The Hall–Kier alpha value is 0.310. The van der Waals surface area contributed by atoms with Gasteiger partial charge in [-0.1, -0.05) is 12.8 Å². The highest BCUT2D eigenvalue weighted by atomic mass is 32.1. The summed E-state index contributed by atoms with van der Waals surface area (Å²) < 4.78 is 5.87. The Morgan fingerprint density at radius 1 is 1.45 bits per heavy atom. The van der Waals surface area contributed by atoms with E-state index in [0.29, 0.717) is 6.10 Å². The molecule has 0 spiro atoms. The van der Waals surface area contributed by atoms with E-state index in [1.54, 1.807) is 0 Å². The summed E-state index contributed by atoms with van der Waals surface area (Å²) in [5.41, 5.74) is 0.169. The minimum absolute atomic E-state index is 0.169. The van der Waals surface area contributed by atoms with Crippen LogP contribution in [0.3, 0.4) is 0 Å². The second-order valence-corrected chi connectivity index (χ2v) is 4.13. The van der Waals surface area contributed by atoms with Crippen molar-refractivity contribution in [3.63, 3.8) is 0 Å². The second-order valence-electron chi connectivity index (χ2n) is 3.77. The Morgan fingerprint density at radius 2 is 2.00 bits per heavy atom. The molecular weight excluding hydrogens is 156 g/mol. The van der Waals surface area contributed by atoms with E-state index in [9.17, 15) is 0 Å². The lowest BCUT2D eigenvalue weighted by atomic mass is 10.1. The number of ether oxygens (including phenoxy) is 1. The van der Waals surface area contributed by atoms with E-state index in [1.807, 2.05) is 0 Å². The number of hydrogen-bond acceptors (Lipinski definition) is 2. The third kappa shape index (κ3) is 2.68. The summed E-state index contributed by atoms with van der Waals surface area (Å²) in [5.74, 6) is 0.829. The highest BCUT2D eigenvalue weighted by molar-refractivity contribution is 7.80. The lowest BCUT2D eigenvalue weighted by Gasteiger charge is -2.27. The van der Waals surface area contributed by atoms with Gasteiger partial charge in [0.1, 0.15) is 0 Å². The molecule has 1 fully saturated rings. The summed E-state index contributed by atoms with van der Waals surface area (Å²) in [6.45, 7) is 4.32. The van der Waals surface area contributed by atoms with Crippen LogP contribution in [0.2, 0.25) is 0 Å². The highest BCUT2D eigenvalue weighted by Gasteiger charge is 2.30. The molecule has 0 saturated heterocycles. The van der Waals surface area contributed by atoms with Crippen molar-refractivity contribution in [3.05, 3.63) is 0 Å². The molecule has 0 radical (unpaired) electrons. The molecule has 66 valence electrons. The van der Waals surface area contributed by atoms with E-state index in [2.05, 4.69) is 26.5 Å². The van der Waals surface area contributed by atoms with Gasteiger partial charge in [0.2, 0.25) is 0 Å². The van der Waals surface area contributed by atoms with Gasteiger partial charge in [-0.05, 0) is 26.7 Å². The molecule has 0 heterocycles. The van der Waals surface area contributed by atoms with E-state index < -0.39 is 0 Å². The summed E-state index contributed by atoms with van der Waals surface area (Å²) in [5, 5.41) is 0. The average Bonchev–Trinajstić information content (AvgIpc) is 2.36. The average molecular weight is 174 g/mol. The molecule has 1 nitrogen and oxygen atoms in total. The lowest BCUT2D eigenvalue weighted by Crippen LogP contribution is -2.30. The summed E-state index contributed by atoms with van der Waals surface area (Å²) in [7, 11) is 0. The first-order valence-corrected chi connectivity index (χ1v) is 5.08. The Labute approximate surface area is 74.9 Å². The highest BCUT2D eigenvalue weighted by Crippen LogP contribution is 2.33. The van der Waals surface area contributed by atoms with Gasteiger partial charge in [-0.3, -0.25) is 0 Å². The summed E-state index contributed by atoms with van der Waals surface area (Å²) in [6, 6.07) is 0. The molecule has 1 aliphatic rings. The summed E-state index contributed by atoms with van der Waals surface area (Å²) >= 11 is 4.20. The minimum atomic E-state index is 0.169. The Bertz CT molecular complexity index is 119. The molecule has 0 aromatic rings. The summed E-state index contributed by atoms with van der Waals surface area (Å²) in [4.78, 5) is 0. The van der Waals surface area contributed by atoms with E-state index in [4.69, 9.17) is 4.74 Å². The molecular formula is C9H18OS. The Morgan fingerprint density at radius 3 is 2.45 bits per heavy atom. The zero-order valence-electron chi connectivity index (χ0n) is 7.47. The topological polar surface area (TPSA) is 9.23 Å². The van der Waals surface area contributed by atoms with Gasteiger partial charge in [-0.2, -0.15) is 12.6 Å². The monoisotopic (exact) mass is 174 g/mol. The van der Waals surface area contributed by atoms with Crippen LogP contribution in [0.25, 0.3) is 0 Å². The zero-order chi connectivity index (χ0) is 8.32. The van der Waals surface area contributed by atoms with Gasteiger partial charge in [0.15, 0.2) is 0 Å². The van der Waals surface area contributed by atoms with Crippen LogP contribution in [0.1, 0.15) is 39.5 Å². The van der Waals surface area contributed by atoms with Gasteiger partial charge in [-0.15, -0.1) is 0 Å². The van der Waals surface area contributed by atoms with E-state index in [1.165, 1.54) is 25.7 Å². The SMILES string of the molecule is CC(CS)OC1(C)CCCC1. The van der Waals surface area contributed by atoms with Gasteiger partial charge in [-0.25, -0.2) is 0 Å². The Balaban J connectivity index is 2.33. The van der Waals surface area contributed by atoms with E-state index in [0.717, 1.165) is 5.75 Å². The van der Waals surface area contributed by atoms with Crippen LogP contribution in [-0.4, -0.2) is 17.5 Å². The summed E-state index contributed by atoms with van der Waals surface area (Å²) in [6.07, 6.45) is 5.42. The molecule has 1 atom stereocenters. The van der Waals surface area contributed by atoms with Gasteiger partial charge in [0, 0.05) is 5.75 Å². The maximum Gasteiger partial charge on any atom is 0.0658 e. The molecule has 0 aromatic heterocycles. The van der Waals surface area contributed by atoms with Crippen LogP contribution in [0.4, 0.5) is 0 Å². The minimum Gasteiger partial charge on any atom is -0.372 e. The van der Waals surface area contributed by atoms with Crippen LogP contribution in [0, 0.1) is 0 Å². The molecule has 11 heavy (non-hydrogen) atoms. The predicted molar refractivity (Wildman–Crippen MR) is 51.3 cm³/mol. The predicted octanol–water partition coefficient (Wildman–Crippen LogP) is 2.65. The first-order valence-electron chi connectivity index (χ1n) is 4.45. The first-order chi connectivity index (χ1) is 5.16. The largest absolute Gasteiger partial charge is 0.372 e. The van der Waals surface area contributed by atoms with Gasteiger partial charge in [0.05, 0.1) is 11.7 Å². The zero-order valence-corrected chi connectivity index (χ0v) is 8.36. The Kier molecular flexibility index (Phi) is 3.26. The van der Waals surface area contributed by atoms with Crippen molar-refractivity contribution in [1.82, 2.24) is 0 Å². The molecule has 1 saturated carbocycles. The third-order valence-corrected chi connectivity index (χ3v) is 2.92. The molecule has 0 amide bonds. The first kappa shape index (κ1) is 9.40. The second kappa shape index (κ2) is 3.81. The van der Waals surface area contributed by atoms with Crippen molar-refractivity contribution < 1.29 is 4.74 Å². The van der Waals surface area contributed by atoms with Crippen molar-refractivity contribution in [3.8, 4) is 0 Å². The van der Waals surface area contributed by atoms with Crippen molar-refractivity contribution in [2.24, 2.45) is 0 Å². The van der Waals surface area contributed by atoms with Gasteiger partial charge >= 0.3 is 0 Å². The van der Waals surface area contributed by atoms with Crippen molar-refractivity contribution >= 4 is 12.6 Å². The van der Waals surface area contributed by atoms with Gasteiger partial charge < -0.3 is 4.74 Å². The fourth-order valence-corrected chi connectivity index (χ4v) is 1.84. The van der Waals surface area contributed by atoms with Crippen LogP contribution < -0.4 is 0 Å². The molecule has 0 N–H and O–H groups in total. The molecule has 0 aromatic carbocycles. The molecule has 1 aliphatic carbocycles. The normalized spacial score (nSPS) is 25.4. The quantitative estimate of drug-likeness (QED) is 0.647. The molecule has 0 bridgehead atoms. The number of thiol groups is 1. The third-order valence-electron chi connectivity index (χ3n) is 2.40. The van der Waals surface area contributed by atoms with Crippen LogP contribution in [0.5, 0.6) is 0 Å². The van der Waals surface area contributed by atoms with Gasteiger partial charge in [0.25, 0.3) is 0 Å². The van der Waals surface area contributed by atoms with Crippen molar-refractivity contribution in [2.75, 3.05) is 5.75 Å². The van der Waals surface area contributed by atoms with E-state index >= 15 is 0 Å². The molecule has 1 unspecified atom stereocenters. The fraction of sp³-hybridized carbons (Fsp3) is 1.00. The number of rotatable bonds is 3. The fourth-order valence-electron chi connectivity index (χ4n) is 1.76. The van der Waals surface area contributed by atoms with Crippen LogP contribution in [-0.2, 0) is 4.74 Å². The van der Waals surface area contributed by atoms with Crippen LogP contribution in [0.15, 0.2) is 0 Å². The molecule has 1 rings (SSSR count). The lowest BCUT2D eigenvalue weighted by molar-refractivity contribution is -0.0607. The standard InChI is InChI=1S/C9H18OS/c1-8(7-11)10-9(2)5-3-4-6-9/h8,11H,3-7H2,1-2H3. The van der Waals surface area contributed by atoms with Crippen molar-refractivity contribution in [2.45, 2.75) is 51.2 Å². The molecule has 0 aliphatic heterocycles. The van der Waals surface area contributed by atoms with Crippen LogP contribution >= 0.6 is 12.6 Å². The molecule has 2 heteroatoms. The van der Waals surface area contributed by atoms with E-state index in [-0.39, 0.29) is 5.60 Å².